The van der Waals surface area contributed by atoms with Crippen LogP contribution >= 0.6 is 0 Å². The molecule has 1 aliphatic carbocycles. The van der Waals surface area contributed by atoms with Crippen LogP contribution in [-0.4, -0.2) is 42.4 Å². The molecule has 0 atom stereocenters. The lowest BCUT2D eigenvalue weighted by Gasteiger charge is -2.36. The first kappa shape index (κ1) is 17.5. The number of piperidine rings is 1. The van der Waals surface area contributed by atoms with Crippen LogP contribution in [-0.2, 0) is 11.3 Å². The molecule has 0 bridgehead atoms. The molecular weight excluding hydrogens is 320 g/mol. The number of carbonyl (C=O) groups is 1. The van der Waals surface area contributed by atoms with Gasteiger partial charge in [-0.2, -0.15) is 0 Å². The fourth-order valence-corrected chi connectivity index (χ4v) is 4.44. The Balaban J connectivity index is 1.30. The van der Waals surface area contributed by atoms with E-state index in [-0.39, 0.29) is 0 Å². The average Bonchev–Trinajstić information content (AvgIpc) is 2.62. The summed E-state index contributed by atoms with van der Waals surface area (Å²) in [6.07, 6.45) is 5.84. The zero-order valence-electron chi connectivity index (χ0n) is 15.9. The van der Waals surface area contributed by atoms with Crippen molar-refractivity contribution < 1.29 is 4.79 Å². The fourth-order valence-electron chi connectivity index (χ4n) is 4.44. The van der Waals surface area contributed by atoms with E-state index in [1.807, 2.05) is 11.9 Å². The van der Waals surface area contributed by atoms with Crippen molar-refractivity contribution in [3.05, 3.63) is 48.0 Å². The highest BCUT2D eigenvalue weighted by molar-refractivity contribution is 5.85. The Bertz CT molecular complexity index is 754. The molecule has 2 aliphatic rings. The van der Waals surface area contributed by atoms with Crippen LogP contribution in [0.3, 0.4) is 0 Å². The van der Waals surface area contributed by atoms with Gasteiger partial charge in [-0.15, -0.1) is 0 Å². The summed E-state index contributed by atoms with van der Waals surface area (Å²) < 4.78 is 0. The third kappa shape index (κ3) is 3.78. The van der Waals surface area contributed by atoms with E-state index in [9.17, 15) is 4.79 Å². The minimum absolute atomic E-state index is 0.325. The molecule has 3 nitrogen and oxygen atoms in total. The van der Waals surface area contributed by atoms with Crippen LogP contribution in [0.5, 0.6) is 0 Å². The molecule has 2 fully saturated rings. The average molecular weight is 351 g/mol. The molecule has 0 spiro atoms. The second-order valence-electron chi connectivity index (χ2n) is 8.20. The summed E-state index contributed by atoms with van der Waals surface area (Å²) in [6, 6.07) is 15.3. The second-order valence-corrected chi connectivity index (χ2v) is 8.20. The topological polar surface area (TPSA) is 23.6 Å². The Labute approximate surface area is 157 Å². The van der Waals surface area contributed by atoms with Gasteiger partial charge in [0.05, 0.1) is 0 Å². The number of fused-ring (bicyclic) bond motifs is 1. The van der Waals surface area contributed by atoms with E-state index in [4.69, 9.17) is 0 Å². The van der Waals surface area contributed by atoms with E-state index >= 15 is 0 Å². The standard InChI is InChI=1S/C23H30N2O/c1-24(23(26)20-8-5-9-20)16-18-12-14-25(15-13-18)17-21-10-4-7-19-6-2-3-11-22(19)21/h2-4,6-7,10-11,18,20H,5,8-9,12-17H2,1H3. The molecule has 26 heavy (non-hydrogen) atoms. The Hall–Kier alpha value is -1.87. The molecule has 0 radical (unpaired) electrons. The summed E-state index contributed by atoms with van der Waals surface area (Å²) in [5, 5.41) is 2.71. The van der Waals surface area contributed by atoms with Gasteiger partial charge < -0.3 is 4.90 Å². The quantitative estimate of drug-likeness (QED) is 0.802. The van der Waals surface area contributed by atoms with E-state index in [0.717, 1.165) is 39.0 Å². The van der Waals surface area contributed by atoms with Crippen LogP contribution in [0, 0.1) is 11.8 Å². The first-order chi connectivity index (χ1) is 12.7. The molecule has 0 N–H and O–H groups in total. The van der Waals surface area contributed by atoms with Gasteiger partial charge in [-0.1, -0.05) is 48.9 Å². The van der Waals surface area contributed by atoms with Crippen molar-refractivity contribution in [3.63, 3.8) is 0 Å². The van der Waals surface area contributed by atoms with E-state index in [1.165, 1.54) is 35.6 Å². The molecule has 1 aliphatic heterocycles. The summed E-state index contributed by atoms with van der Waals surface area (Å²) in [7, 11) is 2.00. The van der Waals surface area contributed by atoms with Crippen molar-refractivity contribution in [1.29, 1.82) is 0 Å². The Kier molecular flexibility index (Phi) is 5.26. The highest BCUT2D eigenvalue weighted by Crippen LogP contribution is 2.29. The van der Waals surface area contributed by atoms with Crippen molar-refractivity contribution in [3.8, 4) is 0 Å². The van der Waals surface area contributed by atoms with E-state index < -0.39 is 0 Å². The number of rotatable bonds is 5. The van der Waals surface area contributed by atoms with Gasteiger partial charge in [0.15, 0.2) is 0 Å². The summed E-state index contributed by atoms with van der Waals surface area (Å²) in [4.78, 5) is 16.9. The number of amides is 1. The smallest absolute Gasteiger partial charge is 0.225 e. The van der Waals surface area contributed by atoms with Crippen molar-refractivity contribution >= 4 is 16.7 Å². The summed E-state index contributed by atoms with van der Waals surface area (Å²) in [6.45, 7) is 4.25. The number of hydrogen-bond donors (Lipinski definition) is 0. The van der Waals surface area contributed by atoms with Crippen LogP contribution in [0.2, 0.25) is 0 Å². The Morgan fingerprint density at radius 3 is 2.50 bits per heavy atom. The maximum atomic E-state index is 12.3. The zero-order valence-corrected chi connectivity index (χ0v) is 15.9. The third-order valence-corrected chi connectivity index (χ3v) is 6.34. The van der Waals surface area contributed by atoms with Crippen molar-refractivity contribution in [2.75, 3.05) is 26.7 Å². The van der Waals surface area contributed by atoms with Crippen molar-refractivity contribution in [1.82, 2.24) is 9.80 Å². The molecule has 4 rings (SSSR count). The fraction of sp³-hybridized carbons (Fsp3) is 0.522. The molecule has 1 heterocycles. The van der Waals surface area contributed by atoms with Gasteiger partial charge in [-0.25, -0.2) is 0 Å². The Morgan fingerprint density at radius 1 is 1.04 bits per heavy atom. The first-order valence-corrected chi connectivity index (χ1v) is 10.1. The maximum Gasteiger partial charge on any atom is 0.225 e. The van der Waals surface area contributed by atoms with Crippen molar-refractivity contribution in [2.45, 2.75) is 38.6 Å². The number of likely N-dealkylation sites (tertiary alicyclic amines) is 1. The lowest BCUT2D eigenvalue weighted by atomic mass is 9.84. The SMILES string of the molecule is CN(CC1CCN(Cc2cccc3ccccc23)CC1)C(=O)C1CCC1. The molecule has 0 unspecified atom stereocenters. The zero-order chi connectivity index (χ0) is 17.9. The molecule has 138 valence electrons. The van der Waals surface area contributed by atoms with Crippen LogP contribution < -0.4 is 0 Å². The van der Waals surface area contributed by atoms with Crippen molar-refractivity contribution in [2.24, 2.45) is 11.8 Å². The molecule has 3 heteroatoms. The van der Waals surface area contributed by atoms with Gasteiger partial charge in [-0.3, -0.25) is 9.69 Å². The highest BCUT2D eigenvalue weighted by Gasteiger charge is 2.29. The second kappa shape index (κ2) is 7.79. The molecule has 2 aromatic carbocycles. The predicted octanol–water partition coefficient (Wildman–Crippen LogP) is 4.31. The summed E-state index contributed by atoms with van der Waals surface area (Å²) in [5.74, 6) is 1.37. The van der Waals surface area contributed by atoms with Gasteiger partial charge in [0.25, 0.3) is 0 Å². The Morgan fingerprint density at radius 2 is 1.77 bits per heavy atom. The minimum Gasteiger partial charge on any atom is -0.345 e. The predicted molar refractivity (Wildman–Crippen MR) is 107 cm³/mol. The third-order valence-electron chi connectivity index (χ3n) is 6.34. The lowest BCUT2D eigenvalue weighted by molar-refractivity contribution is -0.137. The number of benzene rings is 2. The molecule has 1 saturated heterocycles. The van der Waals surface area contributed by atoms with Gasteiger partial charge in [0, 0.05) is 26.1 Å². The van der Waals surface area contributed by atoms with Crippen LogP contribution in [0.15, 0.2) is 42.5 Å². The largest absolute Gasteiger partial charge is 0.345 e. The normalized spacial score (nSPS) is 19.4. The number of nitrogens with zero attached hydrogens (tertiary/aromatic N) is 2. The van der Waals surface area contributed by atoms with Gasteiger partial charge in [0.2, 0.25) is 5.91 Å². The summed E-state index contributed by atoms with van der Waals surface area (Å²) >= 11 is 0. The van der Waals surface area contributed by atoms with E-state index in [2.05, 4.69) is 47.4 Å². The van der Waals surface area contributed by atoms with Crippen LogP contribution in [0.25, 0.3) is 10.8 Å². The molecule has 2 aromatic rings. The number of hydrogen-bond acceptors (Lipinski definition) is 2. The highest BCUT2D eigenvalue weighted by atomic mass is 16.2. The van der Waals surface area contributed by atoms with Gasteiger partial charge in [0.1, 0.15) is 0 Å². The van der Waals surface area contributed by atoms with Gasteiger partial charge >= 0.3 is 0 Å². The maximum absolute atomic E-state index is 12.3. The monoisotopic (exact) mass is 350 g/mol. The van der Waals surface area contributed by atoms with Gasteiger partial charge in [-0.05, 0) is 61.0 Å². The van der Waals surface area contributed by atoms with E-state index in [1.54, 1.807) is 0 Å². The summed E-state index contributed by atoms with van der Waals surface area (Å²) in [5.41, 5.74) is 1.43. The minimum atomic E-state index is 0.325. The van der Waals surface area contributed by atoms with E-state index in [0.29, 0.717) is 17.7 Å². The lowest BCUT2D eigenvalue weighted by Crippen LogP contribution is -2.42. The first-order valence-electron chi connectivity index (χ1n) is 10.1. The molecule has 1 amide bonds. The molecule has 1 saturated carbocycles. The molecular formula is C23H30N2O. The van der Waals surface area contributed by atoms with Crippen LogP contribution in [0.1, 0.15) is 37.7 Å². The van der Waals surface area contributed by atoms with Crippen LogP contribution in [0.4, 0.5) is 0 Å². The molecule has 0 aromatic heterocycles. The number of carbonyl (C=O) groups excluding carboxylic acids is 1.